The maximum absolute atomic E-state index is 8.90. The van der Waals surface area contributed by atoms with Crippen LogP contribution >= 0.6 is 24.0 Å². The lowest BCUT2D eigenvalue weighted by Gasteiger charge is -2.14. The van der Waals surface area contributed by atoms with Crippen LogP contribution < -0.4 is 5.32 Å². The maximum Gasteiger partial charge on any atom is 0.241 e. The van der Waals surface area contributed by atoms with Gasteiger partial charge in [0.15, 0.2) is 0 Å². The molecule has 1 aliphatic heterocycles. The lowest BCUT2D eigenvalue weighted by atomic mass is 10.0. The van der Waals surface area contributed by atoms with Crippen molar-refractivity contribution in [1.82, 2.24) is 20.5 Å². The van der Waals surface area contributed by atoms with Crippen molar-refractivity contribution >= 4 is 29.6 Å². The molecule has 0 aliphatic carbocycles. The lowest BCUT2D eigenvalue weighted by Crippen LogP contribution is -2.20. The molecule has 0 atom stereocenters. The van der Waals surface area contributed by atoms with Gasteiger partial charge in [-0.15, -0.1) is 22.6 Å². The van der Waals surface area contributed by atoms with Gasteiger partial charge < -0.3 is 14.8 Å². The topological polar surface area (TPSA) is 84.1 Å². The van der Waals surface area contributed by atoms with E-state index in [4.69, 9.17) is 21.1 Å². The zero-order valence-electron chi connectivity index (χ0n) is 11.8. The molecule has 0 saturated carbocycles. The van der Waals surface area contributed by atoms with Crippen LogP contribution in [0.2, 0.25) is 5.02 Å². The molecule has 3 heterocycles. The summed E-state index contributed by atoms with van der Waals surface area (Å²) in [6, 6.07) is 1.87. The van der Waals surface area contributed by atoms with E-state index in [0.717, 1.165) is 30.8 Å². The number of aliphatic hydroxyl groups is 1. The standard InChI is InChI=1S/C14H15ClN4O2.ClH/c15-11-5-9(6-12-18-19-13(8-20)21-12)7-17-14(11)10-1-3-16-4-2-10;/h1,5,7,16,20H,2-4,6,8H2;1H. The summed E-state index contributed by atoms with van der Waals surface area (Å²) in [6.07, 6.45) is 5.26. The molecule has 22 heavy (non-hydrogen) atoms. The highest BCUT2D eigenvalue weighted by Gasteiger charge is 2.13. The van der Waals surface area contributed by atoms with E-state index in [-0.39, 0.29) is 24.9 Å². The molecule has 0 unspecified atom stereocenters. The zero-order chi connectivity index (χ0) is 14.7. The molecule has 2 aromatic heterocycles. The third-order valence-electron chi connectivity index (χ3n) is 3.27. The quantitative estimate of drug-likeness (QED) is 0.883. The molecule has 0 aromatic carbocycles. The van der Waals surface area contributed by atoms with Crippen LogP contribution in [0.3, 0.4) is 0 Å². The molecule has 1 aliphatic rings. The fourth-order valence-electron chi connectivity index (χ4n) is 2.25. The Balaban J connectivity index is 0.00000176. The number of aliphatic hydroxyl groups excluding tert-OH is 1. The average Bonchev–Trinajstić information content (AvgIpc) is 2.96. The second-order valence-electron chi connectivity index (χ2n) is 4.78. The van der Waals surface area contributed by atoms with Crippen molar-refractivity contribution in [3.8, 4) is 0 Å². The fraction of sp³-hybridized carbons (Fsp3) is 0.357. The summed E-state index contributed by atoms with van der Waals surface area (Å²) in [4.78, 5) is 4.46. The van der Waals surface area contributed by atoms with Crippen LogP contribution in [0.25, 0.3) is 5.57 Å². The summed E-state index contributed by atoms with van der Waals surface area (Å²) in [5, 5.41) is 20.4. The SMILES string of the molecule is Cl.OCc1nnc(Cc2cnc(C3=CCNCC3)c(Cl)c2)o1. The largest absolute Gasteiger partial charge is 0.422 e. The van der Waals surface area contributed by atoms with Gasteiger partial charge in [-0.05, 0) is 30.2 Å². The Morgan fingerprint density at radius 3 is 2.77 bits per heavy atom. The van der Waals surface area contributed by atoms with E-state index in [9.17, 15) is 0 Å². The van der Waals surface area contributed by atoms with Gasteiger partial charge in [-0.25, -0.2) is 0 Å². The number of nitrogens with zero attached hydrogens (tertiary/aromatic N) is 3. The minimum absolute atomic E-state index is 0. The Hall–Kier alpha value is -1.47. The number of nitrogens with one attached hydrogen (secondary N) is 1. The minimum atomic E-state index is -0.257. The van der Waals surface area contributed by atoms with Gasteiger partial charge in [0.2, 0.25) is 11.8 Å². The van der Waals surface area contributed by atoms with Gasteiger partial charge in [-0.2, -0.15) is 0 Å². The molecular weight excluding hydrogens is 327 g/mol. The first kappa shape index (κ1) is 16.9. The van der Waals surface area contributed by atoms with Crippen molar-refractivity contribution in [1.29, 1.82) is 0 Å². The molecule has 2 aromatic rings. The average molecular weight is 343 g/mol. The Bertz CT molecular complexity index is 673. The Morgan fingerprint density at radius 1 is 1.32 bits per heavy atom. The van der Waals surface area contributed by atoms with Gasteiger partial charge in [-0.1, -0.05) is 17.7 Å². The monoisotopic (exact) mass is 342 g/mol. The summed E-state index contributed by atoms with van der Waals surface area (Å²) < 4.78 is 5.26. The van der Waals surface area contributed by atoms with Crippen LogP contribution in [0.4, 0.5) is 0 Å². The van der Waals surface area contributed by atoms with Crippen molar-refractivity contribution in [2.45, 2.75) is 19.4 Å². The Kier molecular flexibility index (Phi) is 5.90. The summed E-state index contributed by atoms with van der Waals surface area (Å²) in [5.41, 5.74) is 2.90. The maximum atomic E-state index is 8.90. The molecule has 0 saturated heterocycles. The van der Waals surface area contributed by atoms with E-state index >= 15 is 0 Å². The predicted octanol–water partition coefficient (Wildman–Crippen LogP) is 2.00. The number of hydrogen-bond acceptors (Lipinski definition) is 6. The van der Waals surface area contributed by atoms with Crippen molar-refractivity contribution in [3.63, 3.8) is 0 Å². The van der Waals surface area contributed by atoms with Crippen LogP contribution in [0.5, 0.6) is 0 Å². The van der Waals surface area contributed by atoms with Gasteiger partial charge >= 0.3 is 0 Å². The van der Waals surface area contributed by atoms with Gasteiger partial charge in [0.05, 0.1) is 17.1 Å². The van der Waals surface area contributed by atoms with Gasteiger partial charge in [-0.3, -0.25) is 4.98 Å². The van der Waals surface area contributed by atoms with Crippen LogP contribution in [-0.2, 0) is 13.0 Å². The van der Waals surface area contributed by atoms with Crippen molar-refractivity contribution < 1.29 is 9.52 Å². The number of aromatic nitrogens is 3. The predicted molar refractivity (Wildman–Crippen MR) is 85.0 cm³/mol. The van der Waals surface area contributed by atoms with Crippen LogP contribution in [0.15, 0.2) is 22.8 Å². The minimum Gasteiger partial charge on any atom is -0.422 e. The van der Waals surface area contributed by atoms with E-state index in [1.165, 1.54) is 5.57 Å². The van der Waals surface area contributed by atoms with E-state index in [1.54, 1.807) is 6.20 Å². The van der Waals surface area contributed by atoms with Crippen LogP contribution in [0, 0.1) is 0 Å². The molecule has 0 bridgehead atoms. The highest BCUT2D eigenvalue weighted by Crippen LogP contribution is 2.26. The van der Waals surface area contributed by atoms with Crippen LogP contribution in [0.1, 0.15) is 29.5 Å². The molecule has 3 rings (SSSR count). The Labute approximate surface area is 139 Å². The molecule has 0 spiro atoms. The molecular formula is C14H16Cl2N4O2. The summed E-state index contributed by atoms with van der Waals surface area (Å²) >= 11 is 6.33. The normalized spacial score (nSPS) is 14.4. The van der Waals surface area contributed by atoms with Gasteiger partial charge in [0.25, 0.3) is 0 Å². The highest BCUT2D eigenvalue weighted by atomic mass is 35.5. The number of hydrogen-bond donors (Lipinski definition) is 2. The first-order valence-electron chi connectivity index (χ1n) is 6.73. The third-order valence-corrected chi connectivity index (χ3v) is 3.55. The van der Waals surface area contributed by atoms with E-state index in [1.807, 2.05) is 6.07 Å². The van der Waals surface area contributed by atoms with E-state index in [2.05, 4.69) is 26.6 Å². The lowest BCUT2D eigenvalue weighted by molar-refractivity contribution is 0.237. The summed E-state index contributed by atoms with van der Waals surface area (Å²) in [7, 11) is 0. The smallest absolute Gasteiger partial charge is 0.241 e. The van der Waals surface area contributed by atoms with E-state index < -0.39 is 0 Å². The molecule has 0 amide bonds. The van der Waals surface area contributed by atoms with Crippen LogP contribution in [-0.4, -0.2) is 33.4 Å². The molecule has 0 fully saturated rings. The number of rotatable bonds is 4. The second-order valence-corrected chi connectivity index (χ2v) is 5.19. The Morgan fingerprint density at radius 2 is 2.14 bits per heavy atom. The first-order valence-corrected chi connectivity index (χ1v) is 7.10. The van der Waals surface area contributed by atoms with Gasteiger partial charge in [0, 0.05) is 12.7 Å². The van der Waals surface area contributed by atoms with Crippen molar-refractivity contribution in [2.75, 3.05) is 13.1 Å². The first-order chi connectivity index (χ1) is 10.3. The summed E-state index contributed by atoms with van der Waals surface area (Å²) in [6.45, 7) is 1.53. The highest BCUT2D eigenvalue weighted by molar-refractivity contribution is 6.32. The van der Waals surface area contributed by atoms with E-state index in [0.29, 0.717) is 17.3 Å². The summed E-state index contributed by atoms with van der Waals surface area (Å²) in [5.74, 6) is 0.645. The van der Waals surface area contributed by atoms with Crippen molar-refractivity contribution in [2.24, 2.45) is 0 Å². The molecule has 8 heteroatoms. The third kappa shape index (κ3) is 3.84. The number of halogens is 2. The number of pyridine rings is 1. The fourth-order valence-corrected chi connectivity index (χ4v) is 2.56. The molecule has 118 valence electrons. The second kappa shape index (κ2) is 7.69. The molecule has 2 N–H and O–H groups in total. The zero-order valence-corrected chi connectivity index (χ0v) is 13.3. The molecule has 0 radical (unpaired) electrons. The van der Waals surface area contributed by atoms with Gasteiger partial charge in [0.1, 0.15) is 6.61 Å². The van der Waals surface area contributed by atoms with Crippen molar-refractivity contribution in [3.05, 3.63) is 46.4 Å². The molecule has 6 nitrogen and oxygen atoms in total.